The predicted molar refractivity (Wildman–Crippen MR) is 121 cm³/mol. The fourth-order valence-electron chi connectivity index (χ4n) is 4.58. The maximum absolute atomic E-state index is 12.7. The van der Waals surface area contributed by atoms with Crippen molar-refractivity contribution in [2.24, 2.45) is 0 Å². The van der Waals surface area contributed by atoms with Gasteiger partial charge in [0.15, 0.2) is 0 Å². The number of fused-ring (bicyclic) bond motifs is 3. The Hall–Kier alpha value is -3.47. The number of nitrogens with zero attached hydrogens (tertiary/aromatic N) is 1. The van der Waals surface area contributed by atoms with Gasteiger partial charge in [0.2, 0.25) is 0 Å². The van der Waals surface area contributed by atoms with Gasteiger partial charge >= 0.3 is 6.09 Å². The number of hydrogen-bond donors (Lipinski definition) is 1. The first-order chi connectivity index (χ1) is 15.2. The van der Waals surface area contributed by atoms with Crippen LogP contribution in [0.25, 0.3) is 11.1 Å². The molecule has 0 radical (unpaired) electrons. The number of anilines is 1. The van der Waals surface area contributed by atoms with E-state index in [1.165, 1.54) is 22.3 Å². The molecule has 2 N–H and O–H groups in total. The molecule has 1 aliphatic carbocycles. The molecular formula is C26H26N2O3. The SMILES string of the molecule is Nc1ccc(OC2CCN(C(=O)OCC3c4ccccc4-c4ccccc43)CC2)cc1. The van der Waals surface area contributed by atoms with E-state index in [1.54, 1.807) is 4.90 Å². The molecule has 5 rings (SSSR count). The Kier molecular flexibility index (Phi) is 5.24. The molecule has 0 aromatic heterocycles. The summed E-state index contributed by atoms with van der Waals surface area (Å²) in [6, 6.07) is 24.2. The highest BCUT2D eigenvalue weighted by Gasteiger charge is 2.30. The number of benzene rings is 3. The Morgan fingerprint density at radius 3 is 2.06 bits per heavy atom. The van der Waals surface area contributed by atoms with Crippen molar-refractivity contribution in [3.63, 3.8) is 0 Å². The summed E-state index contributed by atoms with van der Waals surface area (Å²) in [6.07, 6.45) is 1.43. The highest BCUT2D eigenvalue weighted by Crippen LogP contribution is 2.44. The zero-order chi connectivity index (χ0) is 21.2. The van der Waals surface area contributed by atoms with Crippen LogP contribution in [0.5, 0.6) is 5.75 Å². The third-order valence-electron chi connectivity index (χ3n) is 6.22. The molecule has 0 atom stereocenters. The summed E-state index contributed by atoms with van der Waals surface area (Å²) in [4.78, 5) is 14.5. The van der Waals surface area contributed by atoms with Crippen molar-refractivity contribution in [1.82, 2.24) is 4.90 Å². The van der Waals surface area contributed by atoms with E-state index >= 15 is 0 Å². The third kappa shape index (κ3) is 3.96. The molecule has 1 amide bonds. The first-order valence-corrected chi connectivity index (χ1v) is 10.8. The molecular weight excluding hydrogens is 388 g/mol. The lowest BCUT2D eigenvalue weighted by molar-refractivity contribution is 0.0663. The molecule has 0 unspecified atom stereocenters. The van der Waals surface area contributed by atoms with Gasteiger partial charge in [0, 0.05) is 37.5 Å². The van der Waals surface area contributed by atoms with Crippen molar-refractivity contribution < 1.29 is 14.3 Å². The largest absolute Gasteiger partial charge is 0.490 e. The first-order valence-electron chi connectivity index (χ1n) is 10.8. The lowest BCUT2D eigenvalue weighted by Crippen LogP contribution is -2.42. The highest BCUT2D eigenvalue weighted by molar-refractivity contribution is 5.79. The van der Waals surface area contributed by atoms with Gasteiger partial charge < -0.3 is 20.1 Å². The average molecular weight is 415 g/mol. The average Bonchev–Trinajstić information content (AvgIpc) is 3.13. The van der Waals surface area contributed by atoms with Gasteiger partial charge in [-0.3, -0.25) is 0 Å². The molecule has 1 saturated heterocycles. The van der Waals surface area contributed by atoms with E-state index in [9.17, 15) is 4.79 Å². The van der Waals surface area contributed by atoms with Crippen LogP contribution in [0.4, 0.5) is 10.5 Å². The van der Waals surface area contributed by atoms with E-state index in [-0.39, 0.29) is 18.1 Å². The molecule has 0 spiro atoms. The number of amides is 1. The van der Waals surface area contributed by atoms with Crippen LogP contribution >= 0.6 is 0 Å². The molecule has 0 saturated carbocycles. The Labute approximate surface area is 182 Å². The van der Waals surface area contributed by atoms with E-state index in [1.807, 2.05) is 36.4 Å². The van der Waals surface area contributed by atoms with Crippen molar-refractivity contribution in [3.8, 4) is 16.9 Å². The number of hydrogen-bond acceptors (Lipinski definition) is 4. The molecule has 2 aliphatic rings. The fraction of sp³-hybridized carbons (Fsp3) is 0.269. The smallest absolute Gasteiger partial charge is 0.409 e. The second kappa shape index (κ2) is 8.34. The van der Waals surface area contributed by atoms with E-state index in [4.69, 9.17) is 15.2 Å². The molecule has 1 fully saturated rings. The van der Waals surface area contributed by atoms with Crippen LogP contribution < -0.4 is 10.5 Å². The van der Waals surface area contributed by atoms with Gasteiger partial charge in [0.05, 0.1) is 0 Å². The van der Waals surface area contributed by atoms with Crippen LogP contribution in [0, 0.1) is 0 Å². The molecule has 5 heteroatoms. The van der Waals surface area contributed by atoms with Crippen LogP contribution in [-0.4, -0.2) is 36.8 Å². The van der Waals surface area contributed by atoms with Crippen molar-refractivity contribution in [1.29, 1.82) is 0 Å². The summed E-state index contributed by atoms with van der Waals surface area (Å²) >= 11 is 0. The van der Waals surface area contributed by atoms with Gasteiger partial charge in [-0.25, -0.2) is 4.79 Å². The maximum atomic E-state index is 12.7. The second-order valence-electron chi connectivity index (χ2n) is 8.18. The van der Waals surface area contributed by atoms with Gasteiger partial charge in [0.25, 0.3) is 0 Å². The zero-order valence-corrected chi connectivity index (χ0v) is 17.4. The van der Waals surface area contributed by atoms with Crippen LogP contribution in [0.15, 0.2) is 72.8 Å². The fourth-order valence-corrected chi connectivity index (χ4v) is 4.58. The second-order valence-corrected chi connectivity index (χ2v) is 8.18. The first kappa shape index (κ1) is 19.5. The van der Waals surface area contributed by atoms with Crippen LogP contribution in [0.2, 0.25) is 0 Å². The number of carbonyl (C=O) groups excluding carboxylic acids is 1. The van der Waals surface area contributed by atoms with Gasteiger partial charge in [-0.1, -0.05) is 48.5 Å². The number of ether oxygens (including phenoxy) is 2. The summed E-state index contributed by atoms with van der Waals surface area (Å²) in [6.45, 7) is 1.63. The Morgan fingerprint density at radius 1 is 0.871 bits per heavy atom. The van der Waals surface area contributed by atoms with Gasteiger partial charge in [-0.05, 0) is 46.5 Å². The van der Waals surface area contributed by atoms with Crippen molar-refractivity contribution in [3.05, 3.63) is 83.9 Å². The van der Waals surface area contributed by atoms with E-state index in [0.29, 0.717) is 19.7 Å². The normalized spacial score (nSPS) is 15.9. The molecule has 5 nitrogen and oxygen atoms in total. The lowest BCUT2D eigenvalue weighted by atomic mass is 9.98. The highest BCUT2D eigenvalue weighted by atomic mass is 16.6. The number of likely N-dealkylation sites (tertiary alicyclic amines) is 1. The van der Waals surface area contributed by atoms with Crippen LogP contribution in [0.1, 0.15) is 29.9 Å². The van der Waals surface area contributed by atoms with Crippen molar-refractivity contribution >= 4 is 11.8 Å². The maximum Gasteiger partial charge on any atom is 0.409 e. The monoisotopic (exact) mass is 414 g/mol. The Balaban J connectivity index is 1.17. The predicted octanol–water partition coefficient (Wildman–Crippen LogP) is 5.06. The van der Waals surface area contributed by atoms with E-state index in [2.05, 4.69) is 36.4 Å². The zero-order valence-electron chi connectivity index (χ0n) is 17.4. The number of rotatable bonds is 4. The summed E-state index contributed by atoms with van der Waals surface area (Å²) in [5.41, 5.74) is 11.4. The summed E-state index contributed by atoms with van der Waals surface area (Å²) in [5, 5.41) is 0. The minimum atomic E-state index is -0.243. The summed E-state index contributed by atoms with van der Waals surface area (Å²) in [7, 11) is 0. The lowest BCUT2D eigenvalue weighted by Gasteiger charge is -2.31. The van der Waals surface area contributed by atoms with Crippen LogP contribution in [0.3, 0.4) is 0 Å². The number of nitrogen functional groups attached to an aromatic ring is 1. The molecule has 3 aromatic carbocycles. The molecule has 158 valence electrons. The van der Waals surface area contributed by atoms with Crippen LogP contribution in [-0.2, 0) is 4.74 Å². The van der Waals surface area contributed by atoms with Gasteiger partial charge in [0.1, 0.15) is 18.5 Å². The van der Waals surface area contributed by atoms with E-state index in [0.717, 1.165) is 24.3 Å². The van der Waals surface area contributed by atoms with Gasteiger partial charge in [-0.2, -0.15) is 0 Å². The van der Waals surface area contributed by atoms with Crippen molar-refractivity contribution in [2.45, 2.75) is 24.9 Å². The quantitative estimate of drug-likeness (QED) is 0.606. The molecule has 3 aromatic rings. The topological polar surface area (TPSA) is 64.8 Å². The molecule has 31 heavy (non-hydrogen) atoms. The summed E-state index contributed by atoms with van der Waals surface area (Å²) < 4.78 is 11.8. The van der Waals surface area contributed by atoms with E-state index < -0.39 is 0 Å². The summed E-state index contributed by atoms with van der Waals surface area (Å²) in [5.74, 6) is 0.900. The van der Waals surface area contributed by atoms with Gasteiger partial charge in [-0.15, -0.1) is 0 Å². The molecule has 0 bridgehead atoms. The minimum Gasteiger partial charge on any atom is -0.490 e. The number of nitrogens with two attached hydrogens (primary N) is 1. The Bertz CT molecular complexity index is 1030. The third-order valence-corrected chi connectivity index (χ3v) is 6.22. The van der Waals surface area contributed by atoms with Crippen molar-refractivity contribution in [2.75, 3.05) is 25.4 Å². The molecule has 1 aliphatic heterocycles. The minimum absolute atomic E-state index is 0.0859. The number of carbonyl (C=O) groups is 1. The standard InChI is InChI=1S/C26H26N2O3/c27-18-9-11-19(12-10-18)31-20-13-15-28(16-14-20)26(29)30-17-25-23-7-3-1-5-21(23)22-6-2-4-8-24(22)25/h1-12,20,25H,13-17,27H2. The Morgan fingerprint density at radius 2 is 1.45 bits per heavy atom. The number of piperidine rings is 1. The molecule has 1 heterocycles.